The maximum Gasteiger partial charge on any atom is 0.265 e. The van der Waals surface area contributed by atoms with E-state index in [9.17, 15) is 8.42 Å². The Bertz CT molecular complexity index is 428. The van der Waals surface area contributed by atoms with Gasteiger partial charge >= 0.3 is 0 Å². The van der Waals surface area contributed by atoms with Crippen LogP contribution in [-0.2, 0) is 14.3 Å². The molecule has 86 valence electrons. The van der Waals surface area contributed by atoms with Gasteiger partial charge < -0.3 is 0 Å². The van der Waals surface area contributed by atoms with Crippen molar-refractivity contribution >= 4 is 10.1 Å². The third-order valence-electron chi connectivity index (χ3n) is 3.44. The molecule has 4 heteroatoms. The van der Waals surface area contributed by atoms with Gasteiger partial charge in [-0.25, -0.2) is 0 Å². The van der Waals surface area contributed by atoms with Crippen LogP contribution < -0.4 is 0 Å². The first-order chi connectivity index (χ1) is 6.59. The maximum atomic E-state index is 11.2. The van der Waals surface area contributed by atoms with Gasteiger partial charge in [-0.05, 0) is 56.9 Å². The molecule has 0 atom stereocenters. The highest BCUT2D eigenvalue weighted by Gasteiger charge is 2.40. The van der Waals surface area contributed by atoms with Crippen LogP contribution in [-0.4, -0.2) is 20.3 Å². The third kappa shape index (κ3) is 2.01. The first-order valence-electron chi connectivity index (χ1n) is 4.86. The lowest BCUT2D eigenvalue weighted by Gasteiger charge is -2.27. The van der Waals surface area contributed by atoms with Gasteiger partial charge in [0.1, 0.15) is 5.60 Å². The van der Waals surface area contributed by atoms with Crippen LogP contribution in [0.2, 0.25) is 0 Å². The van der Waals surface area contributed by atoms with Gasteiger partial charge in [-0.1, -0.05) is 0 Å². The molecule has 0 aromatic heterocycles. The molecule has 0 radical (unpaired) electrons. The van der Waals surface area contributed by atoms with Crippen LogP contribution >= 0.6 is 0 Å². The Morgan fingerprint density at radius 3 is 1.60 bits per heavy atom. The van der Waals surface area contributed by atoms with Gasteiger partial charge in [0, 0.05) is 0 Å². The number of rotatable bonds is 2. The normalized spacial score (nSPS) is 21.5. The van der Waals surface area contributed by atoms with Crippen molar-refractivity contribution in [1.82, 2.24) is 0 Å². The second-order valence-electron chi connectivity index (χ2n) is 4.32. The third-order valence-corrected chi connectivity index (χ3v) is 4.07. The maximum absolute atomic E-state index is 11.2. The van der Waals surface area contributed by atoms with E-state index in [4.69, 9.17) is 4.18 Å². The largest absolute Gasteiger partial charge is 0.265 e. The zero-order valence-corrected chi connectivity index (χ0v) is 10.9. The van der Waals surface area contributed by atoms with Crippen LogP contribution in [0.3, 0.4) is 0 Å². The molecule has 0 aromatic carbocycles. The Morgan fingerprint density at radius 2 is 1.33 bits per heavy atom. The lowest BCUT2D eigenvalue weighted by Crippen LogP contribution is -2.32. The van der Waals surface area contributed by atoms with E-state index >= 15 is 0 Å². The summed E-state index contributed by atoms with van der Waals surface area (Å²) in [5.41, 5.74) is 3.41. The van der Waals surface area contributed by atoms with Crippen molar-refractivity contribution in [2.75, 3.05) is 6.26 Å². The fraction of sp³-hybridized carbons (Fsp3) is 0.636. The molecule has 1 rings (SSSR count). The molecule has 0 fully saturated rings. The molecule has 0 spiro atoms. The molecule has 0 aromatic rings. The Morgan fingerprint density at radius 1 is 1.00 bits per heavy atom. The highest BCUT2D eigenvalue weighted by molar-refractivity contribution is 7.86. The molecular weight excluding hydrogens is 212 g/mol. The van der Waals surface area contributed by atoms with Crippen LogP contribution in [0.4, 0.5) is 0 Å². The fourth-order valence-corrected chi connectivity index (χ4v) is 2.84. The number of allylic oxidation sites excluding steroid dienone is 2. The Labute approximate surface area is 92.0 Å². The van der Waals surface area contributed by atoms with Gasteiger partial charge in [0.2, 0.25) is 0 Å². The van der Waals surface area contributed by atoms with Crippen molar-refractivity contribution < 1.29 is 12.6 Å². The summed E-state index contributed by atoms with van der Waals surface area (Å²) in [7, 11) is -3.45. The SMILES string of the molecule is CC1=C(C)C(C)(OS(C)(=O)=O)C(C)=C1C. The second-order valence-corrected chi connectivity index (χ2v) is 5.90. The first kappa shape index (κ1) is 12.5. The minimum Gasteiger partial charge on any atom is -0.255 e. The highest BCUT2D eigenvalue weighted by atomic mass is 32.2. The van der Waals surface area contributed by atoms with Gasteiger partial charge in [-0.3, -0.25) is 4.18 Å². The summed E-state index contributed by atoms with van der Waals surface area (Å²) in [5.74, 6) is 0. The van der Waals surface area contributed by atoms with E-state index in [1.165, 1.54) is 0 Å². The topological polar surface area (TPSA) is 43.4 Å². The van der Waals surface area contributed by atoms with E-state index in [1.54, 1.807) is 6.92 Å². The second kappa shape index (κ2) is 3.46. The van der Waals surface area contributed by atoms with Crippen molar-refractivity contribution in [2.24, 2.45) is 0 Å². The molecule has 3 nitrogen and oxygen atoms in total. The van der Waals surface area contributed by atoms with Crippen molar-refractivity contribution in [3.05, 3.63) is 22.3 Å². The van der Waals surface area contributed by atoms with Crippen molar-refractivity contribution in [3.63, 3.8) is 0 Å². The molecule has 0 saturated heterocycles. The van der Waals surface area contributed by atoms with Crippen molar-refractivity contribution in [3.8, 4) is 0 Å². The molecule has 0 amide bonds. The zero-order valence-electron chi connectivity index (χ0n) is 10.1. The van der Waals surface area contributed by atoms with Gasteiger partial charge in [-0.15, -0.1) is 0 Å². The summed E-state index contributed by atoms with van der Waals surface area (Å²) in [5, 5.41) is 0. The van der Waals surface area contributed by atoms with Crippen LogP contribution in [0.5, 0.6) is 0 Å². The van der Waals surface area contributed by atoms with Crippen LogP contribution in [0.15, 0.2) is 22.3 Å². The fourth-order valence-electron chi connectivity index (χ4n) is 1.99. The first-order valence-corrected chi connectivity index (χ1v) is 6.68. The summed E-state index contributed by atoms with van der Waals surface area (Å²) in [6, 6.07) is 0. The average Bonchev–Trinajstić information content (AvgIpc) is 2.19. The van der Waals surface area contributed by atoms with Gasteiger partial charge in [0.05, 0.1) is 6.26 Å². The van der Waals surface area contributed by atoms with Crippen LogP contribution in [0.1, 0.15) is 34.6 Å². The summed E-state index contributed by atoms with van der Waals surface area (Å²) < 4.78 is 27.7. The van der Waals surface area contributed by atoms with E-state index in [0.29, 0.717) is 0 Å². The Kier molecular flexibility index (Phi) is 2.87. The minimum atomic E-state index is -3.45. The van der Waals surface area contributed by atoms with Gasteiger partial charge in [-0.2, -0.15) is 8.42 Å². The average molecular weight is 230 g/mol. The molecule has 15 heavy (non-hydrogen) atoms. The van der Waals surface area contributed by atoms with Gasteiger partial charge in [0.15, 0.2) is 0 Å². The molecule has 0 saturated carbocycles. The summed E-state index contributed by atoms with van der Waals surface area (Å²) in [4.78, 5) is 0. The molecular formula is C11H18O3S. The quantitative estimate of drug-likeness (QED) is 0.684. The van der Waals surface area contributed by atoms with Crippen LogP contribution in [0, 0.1) is 0 Å². The van der Waals surface area contributed by atoms with Crippen molar-refractivity contribution in [1.29, 1.82) is 0 Å². The van der Waals surface area contributed by atoms with E-state index < -0.39 is 15.7 Å². The molecule has 0 aliphatic heterocycles. The summed E-state index contributed by atoms with van der Waals surface area (Å²) >= 11 is 0. The van der Waals surface area contributed by atoms with E-state index in [2.05, 4.69) is 0 Å². The van der Waals surface area contributed by atoms with Gasteiger partial charge in [0.25, 0.3) is 10.1 Å². The zero-order chi connectivity index (χ0) is 12.0. The minimum absolute atomic E-state index is 0.790. The standard InChI is InChI=1S/C11H18O3S/c1-7-8(2)10(4)11(5,9(7)3)14-15(6,12)13/h1-6H3. The molecule has 1 aliphatic carbocycles. The lowest BCUT2D eigenvalue weighted by atomic mass is 9.94. The van der Waals surface area contributed by atoms with E-state index in [-0.39, 0.29) is 0 Å². The summed E-state index contributed by atoms with van der Waals surface area (Å²) in [6.45, 7) is 9.62. The van der Waals surface area contributed by atoms with Crippen molar-refractivity contribution in [2.45, 2.75) is 40.2 Å². The summed E-state index contributed by atoms with van der Waals surface area (Å²) in [6.07, 6.45) is 1.09. The molecule has 0 heterocycles. The smallest absolute Gasteiger partial charge is 0.255 e. The monoisotopic (exact) mass is 230 g/mol. The van der Waals surface area contributed by atoms with E-state index in [1.807, 2.05) is 27.7 Å². The number of hydrogen-bond donors (Lipinski definition) is 0. The Hall–Kier alpha value is -0.610. The highest BCUT2D eigenvalue weighted by Crippen LogP contribution is 2.42. The van der Waals surface area contributed by atoms with Crippen LogP contribution in [0.25, 0.3) is 0 Å². The predicted molar refractivity (Wildman–Crippen MR) is 61.1 cm³/mol. The Balaban J connectivity index is 3.28. The molecule has 0 unspecified atom stereocenters. The van der Waals surface area contributed by atoms with E-state index in [0.717, 1.165) is 28.5 Å². The molecule has 0 N–H and O–H groups in total. The number of hydrogen-bond acceptors (Lipinski definition) is 3. The molecule has 1 aliphatic rings. The molecule has 0 bridgehead atoms. The lowest BCUT2D eigenvalue weighted by molar-refractivity contribution is 0.179. The predicted octanol–water partition coefficient (Wildman–Crippen LogP) is 2.41.